The summed E-state index contributed by atoms with van der Waals surface area (Å²) in [6.07, 6.45) is 0. The van der Waals surface area contributed by atoms with E-state index in [1.54, 1.807) is 12.1 Å². The Morgan fingerprint density at radius 1 is 0.474 bits per heavy atom. The van der Waals surface area contributed by atoms with Crippen LogP contribution in [0.15, 0.2) is 18.2 Å². The minimum Gasteiger partial charge on any atom is -0.0836 e. The van der Waals surface area contributed by atoms with Crippen molar-refractivity contribution in [2.75, 3.05) is 0 Å². The van der Waals surface area contributed by atoms with Gasteiger partial charge in [0.15, 0.2) is 0 Å². The largest absolute Gasteiger partial charge is 0.0836 e. The highest BCUT2D eigenvalue weighted by Crippen LogP contribution is 2.49. The van der Waals surface area contributed by atoms with Crippen LogP contribution in [0.4, 0.5) is 0 Å². The van der Waals surface area contributed by atoms with Crippen LogP contribution >= 0.6 is 81.2 Å². The monoisotopic (exact) mass is 392 g/mol. The summed E-state index contributed by atoms with van der Waals surface area (Å²) in [6.45, 7) is 0. The Morgan fingerprint density at radius 3 is 1.42 bits per heavy atom. The van der Waals surface area contributed by atoms with E-state index in [0.29, 0.717) is 21.2 Å². The molecule has 2 aromatic carbocycles. The maximum atomic E-state index is 6.17. The van der Waals surface area contributed by atoms with E-state index in [-0.39, 0.29) is 25.1 Å². The molecule has 0 spiro atoms. The van der Waals surface area contributed by atoms with Gasteiger partial charge >= 0.3 is 0 Å². The van der Waals surface area contributed by atoms with Gasteiger partial charge in [-0.1, -0.05) is 81.2 Å². The SMILES string of the molecule is Clc1ccc(Cl)c(-c2c(Cl)c(Cl)cc(Cl)c2Cl)c1Cl. The van der Waals surface area contributed by atoms with Gasteiger partial charge in [0.1, 0.15) is 0 Å². The van der Waals surface area contributed by atoms with Crippen LogP contribution in [0.3, 0.4) is 0 Å². The van der Waals surface area contributed by atoms with Crippen molar-refractivity contribution in [3.05, 3.63) is 53.4 Å². The fourth-order valence-corrected chi connectivity index (χ4v) is 3.26. The van der Waals surface area contributed by atoms with Crippen LogP contribution in [0.5, 0.6) is 0 Å². The smallest absolute Gasteiger partial charge is 0.0687 e. The minimum absolute atomic E-state index is 0.210. The van der Waals surface area contributed by atoms with E-state index in [1.807, 2.05) is 0 Å². The molecule has 100 valence electrons. The Bertz CT molecular complexity index is 638. The van der Waals surface area contributed by atoms with Gasteiger partial charge < -0.3 is 0 Å². The summed E-state index contributed by atoms with van der Waals surface area (Å²) in [6, 6.07) is 4.61. The lowest BCUT2D eigenvalue weighted by molar-refractivity contribution is 1.61. The molecule has 0 nitrogen and oxygen atoms in total. The zero-order valence-electron chi connectivity index (χ0n) is 8.88. The van der Waals surface area contributed by atoms with Crippen LogP contribution in [0.25, 0.3) is 11.1 Å². The summed E-state index contributed by atoms with van der Waals surface area (Å²) in [4.78, 5) is 0. The lowest BCUT2D eigenvalue weighted by atomic mass is 10.1. The van der Waals surface area contributed by atoms with Gasteiger partial charge in [0, 0.05) is 11.1 Å². The van der Waals surface area contributed by atoms with Gasteiger partial charge in [-0.2, -0.15) is 0 Å². The van der Waals surface area contributed by atoms with Crippen LogP contribution in [0.1, 0.15) is 0 Å². The third kappa shape index (κ3) is 2.91. The highest BCUT2D eigenvalue weighted by atomic mass is 35.5. The second-order valence-corrected chi connectivity index (χ2v) is 6.32. The van der Waals surface area contributed by atoms with E-state index in [0.717, 1.165) is 0 Å². The zero-order valence-corrected chi connectivity index (χ0v) is 14.2. The second kappa shape index (κ2) is 6.07. The van der Waals surface area contributed by atoms with Gasteiger partial charge in [0.05, 0.1) is 35.2 Å². The Balaban J connectivity index is 2.91. The van der Waals surface area contributed by atoms with Crippen molar-refractivity contribution >= 4 is 81.2 Å². The fraction of sp³-hybridized carbons (Fsp3) is 0. The molecule has 2 rings (SSSR count). The molecule has 2 aromatic rings. The number of hydrogen-bond acceptors (Lipinski definition) is 0. The molecule has 0 aliphatic heterocycles. The third-order valence-electron chi connectivity index (χ3n) is 2.41. The van der Waals surface area contributed by atoms with Gasteiger partial charge in [-0.05, 0) is 18.2 Å². The summed E-state index contributed by atoms with van der Waals surface area (Å²) >= 11 is 42.6. The van der Waals surface area contributed by atoms with Crippen LogP contribution in [-0.4, -0.2) is 0 Å². The summed E-state index contributed by atoms with van der Waals surface area (Å²) in [5, 5.41) is 1.82. The lowest BCUT2D eigenvalue weighted by Crippen LogP contribution is -1.88. The Morgan fingerprint density at radius 2 is 0.895 bits per heavy atom. The normalized spacial score (nSPS) is 10.9. The van der Waals surface area contributed by atoms with Gasteiger partial charge in [-0.3, -0.25) is 0 Å². The average Bonchev–Trinajstić information content (AvgIpc) is 2.36. The number of hydrogen-bond donors (Lipinski definition) is 0. The Labute approximate surface area is 145 Å². The lowest BCUT2D eigenvalue weighted by Gasteiger charge is -2.14. The molecule has 0 radical (unpaired) electrons. The first-order valence-corrected chi connectivity index (χ1v) is 7.46. The minimum atomic E-state index is 0.210. The molecule has 7 heteroatoms. The van der Waals surface area contributed by atoms with Crippen LogP contribution < -0.4 is 0 Å². The average molecular weight is 395 g/mol. The van der Waals surface area contributed by atoms with Crippen LogP contribution in [0.2, 0.25) is 35.2 Å². The first-order valence-electron chi connectivity index (χ1n) is 4.81. The molecule has 0 N–H and O–H groups in total. The molecule has 0 heterocycles. The maximum absolute atomic E-state index is 6.17. The quantitative estimate of drug-likeness (QED) is 0.430. The molecule has 0 fully saturated rings. The van der Waals surface area contributed by atoms with Crippen molar-refractivity contribution in [3.63, 3.8) is 0 Å². The molecular weight excluding hydrogens is 392 g/mol. The van der Waals surface area contributed by atoms with Gasteiger partial charge in [0.2, 0.25) is 0 Å². The van der Waals surface area contributed by atoms with Gasteiger partial charge in [-0.25, -0.2) is 0 Å². The topological polar surface area (TPSA) is 0 Å². The number of rotatable bonds is 1. The van der Waals surface area contributed by atoms with E-state index in [2.05, 4.69) is 0 Å². The highest BCUT2D eigenvalue weighted by Gasteiger charge is 2.21. The van der Waals surface area contributed by atoms with Crippen LogP contribution in [0, 0.1) is 0 Å². The van der Waals surface area contributed by atoms with Gasteiger partial charge in [-0.15, -0.1) is 0 Å². The van der Waals surface area contributed by atoms with E-state index >= 15 is 0 Å². The number of benzene rings is 2. The fourth-order valence-electron chi connectivity index (χ4n) is 1.55. The van der Waals surface area contributed by atoms with Crippen molar-refractivity contribution in [1.82, 2.24) is 0 Å². The van der Waals surface area contributed by atoms with E-state index in [1.165, 1.54) is 6.07 Å². The first-order chi connectivity index (χ1) is 8.84. The predicted octanol–water partition coefficient (Wildman–Crippen LogP) is 7.93. The molecule has 0 saturated heterocycles. The van der Waals surface area contributed by atoms with Crippen molar-refractivity contribution in [2.45, 2.75) is 0 Å². The maximum Gasteiger partial charge on any atom is 0.0687 e. The molecule has 0 aliphatic carbocycles. The first kappa shape index (κ1) is 15.9. The summed E-state index contributed by atoms with van der Waals surface area (Å²) in [5.41, 5.74) is 0.758. The second-order valence-electron chi connectivity index (χ2n) is 3.56. The summed E-state index contributed by atoms with van der Waals surface area (Å²) < 4.78 is 0. The zero-order chi connectivity index (χ0) is 14.3. The Kier molecular flexibility index (Phi) is 5.07. The molecule has 0 unspecified atom stereocenters. The predicted molar refractivity (Wildman–Crippen MR) is 86.9 cm³/mol. The van der Waals surface area contributed by atoms with Gasteiger partial charge in [0.25, 0.3) is 0 Å². The molecule has 19 heavy (non-hydrogen) atoms. The van der Waals surface area contributed by atoms with E-state index < -0.39 is 0 Å². The number of halogens is 7. The molecule has 0 aliphatic rings. The summed E-state index contributed by atoms with van der Waals surface area (Å²) in [5.74, 6) is 0. The van der Waals surface area contributed by atoms with E-state index in [9.17, 15) is 0 Å². The molecule has 0 atom stereocenters. The molecular formula is C12H3Cl7. The van der Waals surface area contributed by atoms with Crippen molar-refractivity contribution in [1.29, 1.82) is 0 Å². The molecule has 0 amide bonds. The Hall–Kier alpha value is 0.470. The standard InChI is InChI=1S/C12H3Cl7/c13-4-1-2-5(14)10(17)8(4)9-11(18)6(15)3-7(16)12(9)19/h1-3H. The molecule has 0 bridgehead atoms. The molecule has 0 saturated carbocycles. The summed E-state index contributed by atoms with van der Waals surface area (Å²) in [7, 11) is 0. The van der Waals surface area contributed by atoms with Crippen molar-refractivity contribution < 1.29 is 0 Å². The van der Waals surface area contributed by atoms with E-state index in [4.69, 9.17) is 81.2 Å². The highest BCUT2D eigenvalue weighted by molar-refractivity contribution is 6.52. The van der Waals surface area contributed by atoms with Crippen molar-refractivity contribution in [3.8, 4) is 11.1 Å². The molecule has 0 aromatic heterocycles. The van der Waals surface area contributed by atoms with Crippen LogP contribution in [-0.2, 0) is 0 Å². The third-order valence-corrected chi connectivity index (χ3v) is 5.10. The van der Waals surface area contributed by atoms with Crippen molar-refractivity contribution in [2.24, 2.45) is 0 Å².